The van der Waals surface area contributed by atoms with E-state index in [9.17, 15) is 4.79 Å². The van der Waals surface area contributed by atoms with Crippen LogP contribution in [0.5, 0.6) is 0 Å². The lowest BCUT2D eigenvalue weighted by molar-refractivity contribution is -0.134. The number of rotatable bonds is 3. The fourth-order valence-corrected chi connectivity index (χ4v) is 2.39. The van der Waals surface area contributed by atoms with Gasteiger partial charge >= 0.3 is 0 Å². The molecule has 0 saturated heterocycles. The van der Waals surface area contributed by atoms with Crippen molar-refractivity contribution in [3.05, 3.63) is 0 Å². The Kier molecular flexibility index (Phi) is 4.46. The van der Waals surface area contributed by atoms with E-state index in [4.69, 9.17) is 5.73 Å². The highest BCUT2D eigenvalue weighted by Crippen LogP contribution is 2.68. The molecule has 4 heteroatoms. The molecule has 96 valence electrons. The molecule has 16 heavy (non-hydrogen) atoms. The fourth-order valence-electron chi connectivity index (χ4n) is 2.39. The summed E-state index contributed by atoms with van der Waals surface area (Å²) in [4.78, 5) is 14.0. The van der Waals surface area contributed by atoms with Gasteiger partial charge in [0.25, 0.3) is 0 Å². The summed E-state index contributed by atoms with van der Waals surface area (Å²) in [6.45, 7) is 11.2. The van der Waals surface area contributed by atoms with Crippen molar-refractivity contribution < 1.29 is 4.79 Å². The smallest absolute Gasteiger partial charge is 0.226 e. The number of halogens is 1. The number of nitrogens with two attached hydrogens (primary N) is 1. The first-order valence-corrected chi connectivity index (χ1v) is 5.64. The first-order chi connectivity index (χ1) is 6.67. The Balaban J connectivity index is 0.00000225. The molecule has 2 N–H and O–H groups in total. The molecule has 0 heterocycles. The van der Waals surface area contributed by atoms with Crippen LogP contribution in [-0.2, 0) is 4.79 Å². The largest absolute Gasteiger partial charge is 0.342 e. The van der Waals surface area contributed by atoms with E-state index in [1.807, 2.05) is 14.0 Å². The van der Waals surface area contributed by atoms with Crippen LogP contribution in [0.4, 0.5) is 0 Å². The lowest BCUT2D eigenvalue weighted by Crippen LogP contribution is -2.41. The Labute approximate surface area is 105 Å². The Hall–Kier alpha value is -0.280. The van der Waals surface area contributed by atoms with Crippen LogP contribution in [0.1, 0.15) is 34.6 Å². The van der Waals surface area contributed by atoms with Gasteiger partial charge in [0.05, 0.1) is 0 Å². The predicted molar refractivity (Wildman–Crippen MR) is 69.6 cm³/mol. The lowest BCUT2D eigenvalue weighted by atomic mass is 10.0. The van der Waals surface area contributed by atoms with Crippen LogP contribution in [0.2, 0.25) is 0 Å². The summed E-state index contributed by atoms with van der Waals surface area (Å²) in [5.74, 6) is 0.381. The van der Waals surface area contributed by atoms with Crippen LogP contribution >= 0.6 is 12.4 Å². The van der Waals surface area contributed by atoms with Gasteiger partial charge in [-0.25, -0.2) is 0 Å². The quantitative estimate of drug-likeness (QED) is 0.829. The highest BCUT2D eigenvalue weighted by molar-refractivity contribution is 5.85. The second-order valence-corrected chi connectivity index (χ2v) is 5.91. The molecular weight excluding hydrogens is 224 g/mol. The van der Waals surface area contributed by atoms with Crippen LogP contribution in [0.3, 0.4) is 0 Å². The van der Waals surface area contributed by atoms with Gasteiger partial charge in [-0.1, -0.05) is 27.7 Å². The number of hydrogen-bond acceptors (Lipinski definition) is 2. The summed E-state index contributed by atoms with van der Waals surface area (Å²) >= 11 is 0. The number of amides is 1. The minimum Gasteiger partial charge on any atom is -0.342 e. The summed E-state index contributed by atoms with van der Waals surface area (Å²) in [6, 6.07) is 0.129. The van der Waals surface area contributed by atoms with E-state index >= 15 is 0 Å². The van der Waals surface area contributed by atoms with Crippen molar-refractivity contribution in [2.75, 3.05) is 13.6 Å². The highest BCUT2D eigenvalue weighted by atomic mass is 35.5. The monoisotopic (exact) mass is 248 g/mol. The zero-order valence-corrected chi connectivity index (χ0v) is 12.0. The topological polar surface area (TPSA) is 46.3 Å². The standard InChI is InChI=1S/C12H24N2O.ClH/c1-8(7-13)14(6)10(15)9-11(2,3)12(9,4)5;/h8-9H,7,13H2,1-6H3;1H. The molecule has 1 atom stereocenters. The van der Waals surface area contributed by atoms with Gasteiger partial charge < -0.3 is 10.6 Å². The zero-order chi connectivity index (χ0) is 12.0. The van der Waals surface area contributed by atoms with E-state index in [1.54, 1.807) is 4.90 Å². The van der Waals surface area contributed by atoms with E-state index in [0.717, 1.165) is 0 Å². The third kappa shape index (κ3) is 2.07. The molecular formula is C12H25ClN2O. The van der Waals surface area contributed by atoms with Gasteiger partial charge in [0.1, 0.15) is 0 Å². The Morgan fingerprint density at radius 3 is 1.94 bits per heavy atom. The third-order valence-corrected chi connectivity index (χ3v) is 4.62. The van der Waals surface area contributed by atoms with E-state index in [0.29, 0.717) is 6.54 Å². The molecule has 0 aromatic heterocycles. The van der Waals surface area contributed by atoms with Gasteiger partial charge in [-0.3, -0.25) is 4.79 Å². The first kappa shape index (κ1) is 15.7. The molecule has 0 bridgehead atoms. The molecule has 3 nitrogen and oxygen atoms in total. The average Bonchev–Trinajstić information content (AvgIpc) is 2.54. The minimum absolute atomic E-state index is 0. The van der Waals surface area contributed by atoms with Crippen molar-refractivity contribution in [3.8, 4) is 0 Å². The molecule has 1 unspecified atom stereocenters. The van der Waals surface area contributed by atoms with Crippen molar-refractivity contribution in [1.82, 2.24) is 4.90 Å². The van der Waals surface area contributed by atoms with E-state index < -0.39 is 0 Å². The van der Waals surface area contributed by atoms with Crippen LogP contribution in [0, 0.1) is 16.7 Å². The summed E-state index contributed by atoms with van der Waals surface area (Å²) in [6.07, 6.45) is 0. The minimum atomic E-state index is 0. The average molecular weight is 249 g/mol. The molecule has 0 aliphatic heterocycles. The molecule has 0 spiro atoms. The first-order valence-electron chi connectivity index (χ1n) is 5.64. The number of hydrogen-bond donors (Lipinski definition) is 1. The van der Waals surface area contributed by atoms with Crippen molar-refractivity contribution in [2.45, 2.75) is 40.7 Å². The third-order valence-electron chi connectivity index (χ3n) is 4.62. The molecule has 0 aromatic rings. The van der Waals surface area contributed by atoms with E-state index in [-0.39, 0.29) is 41.1 Å². The summed E-state index contributed by atoms with van der Waals surface area (Å²) in [5.41, 5.74) is 5.81. The Bertz CT molecular complexity index is 262. The van der Waals surface area contributed by atoms with Gasteiger partial charge in [-0.15, -0.1) is 12.4 Å². The summed E-state index contributed by atoms with van der Waals surface area (Å²) in [7, 11) is 1.85. The van der Waals surface area contributed by atoms with Crippen molar-refractivity contribution in [3.63, 3.8) is 0 Å². The molecule has 1 aliphatic rings. The SMILES string of the molecule is CC(CN)N(C)C(=O)C1C(C)(C)C1(C)C.Cl. The highest BCUT2D eigenvalue weighted by Gasteiger charge is 2.68. The lowest BCUT2D eigenvalue weighted by Gasteiger charge is -2.24. The number of nitrogens with zero attached hydrogens (tertiary/aromatic N) is 1. The van der Waals surface area contributed by atoms with E-state index in [2.05, 4.69) is 27.7 Å². The van der Waals surface area contributed by atoms with Gasteiger partial charge in [-0.05, 0) is 17.8 Å². The van der Waals surface area contributed by atoms with Gasteiger partial charge in [0, 0.05) is 25.6 Å². The van der Waals surface area contributed by atoms with E-state index in [1.165, 1.54) is 0 Å². The number of carbonyl (C=O) groups excluding carboxylic acids is 1. The molecule has 1 rings (SSSR count). The fraction of sp³-hybridized carbons (Fsp3) is 0.917. The molecule has 1 amide bonds. The predicted octanol–water partition coefficient (Wildman–Crippen LogP) is 1.90. The van der Waals surface area contributed by atoms with Gasteiger partial charge in [-0.2, -0.15) is 0 Å². The molecule has 1 saturated carbocycles. The molecule has 1 fully saturated rings. The second-order valence-electron chi connectivity index (χ2n) is 5.91. The van der Waals surface area contributed by atoms with Gasteiger partial charge in [0.15, 0.2) is 0 Å². The Morgan fingerprint density at radius 2 is 1.69 bits per heavy atom. The maximum atomic E-state index is 12.2. The summed E-state index contributed by atoms with van der Waals surface area (Å²) < 4.78 is 0. The molecule has 0 radical (unpaired) electrons. The normalized spacial score (nSPS) is 23.2. The maximum absolute atomic E-state index is 12.2. The maximum Gasteiger partial charge on any atom is 0.226 e. The zero-order valence-electron chi connectivity index (χ0n) is 11.2. The molecule has 0 aromatic carbocycles. The van der Waals surface area contributed by atoms with Crippen LogP contribution in [0.25, 0.3) is 0 Å². The van der Waals surface area contributed by atoms with Crippen molar-refractivity contribution >= 4 is 18.3 Å². The number of carbonyl (C=O) groups is 1. The van der Waals surface area contributed by atoms with Crippen LogP contribution in [-0.4, -0.2) is 30.4 Å². The van der Waals surface area contributed by atoms with Crippen molar-refractivity contribution in [2.24, 2.45) is 22.5 Å². The summed E-state index contributed by atoms with van der Waals surface area (Å²) in [5, 5.41) is 0. The number of likely N-dealkylation sites (N-methyl/N-ethyl adjacent to an activating group) is 1. The van der Waals surface area contributed by atoms with Gasteiger partial charge in [0.2, 0.25) is 5.91 Å². The molecule has 1 aliphatic carbocycles. The van der Waals surface area contributed by atoms with Crippen LogP contribution in [0.15, 0.2) is 0 Å². The van der Waals surface area contributed by atoms with Crippen molar-refractivity contribution in [1.29, 1.82) is 0 Å². The second kappa shape index (κ2) is 4.53. The Morgan fingerprint density at radius 1 is 1.31 bits per heavy atom. The van der Waals surface area contributed by atoms with Crippen LogP contribution < -0.4 is 5.73 Å².